The third-order valence-corrected chi connectivity index (χ3v) is 3.06. The van der Waals surface area contributed by atoms with Crippen LogP contribution in [0.5, 0.6) is 0 Å². The third-order valence-electron chi connectivity index (χ3n) is 3.06. The molecule has 1 aliphatic heterocycles. The van der Waals surface area contributed by atoms with Crippen molar-refractivity contribution in [2.75, 3.05) is 18.0 Å². The molecule has 1 fully saturated rings. The topological polar surface area (TPSA) is 66.6 Å². The normalized spacial score (nSPS) is 17.2. The summed E-state index contributed by atoms with van der Waals surface area (Å²) in [6.45, 7) is 1.84. The van der Waals surface area contributed by atoms with E-state index in [2.05, 4.69) is 4.90 Å². The maximum absolute atomic E-state index is 13.7. The minimum absolute atomic E-state index is 0.0282. The molecule has 0 unspecified atom stereocenters. The summed E-state index contributed by atoms with van der Waals surface area (Å²) in [6, 6.07) is 3.25. The van der Waals surface area contributed by atoms with E-state index in [4.69, 9.17) is 10.8 Å². The molecule has 1 aromatic rings. The minimum atomic E-state index is -1.30. The third kappa shape index (κ3) is 2.39. The molecule has 1 aliphatic rings. The number of anilines is 1. The summed E-state index contributed by atoms with van der Waals surface area (Å²) in [5, 5.41) is 8.74. The fourth-order valence-electron chi connectivity index (χ4n) is 2.07. The van der Waals surface area contributed by atoms with Crippen LogP contribution in [-0.4, -0.2) is 24.2 Å². The molecule has 0 bridgehead atoms. The fraction of sp³-hybridized carbons (Fsp3) is 0.417. The molecule has 0 saturated carbocycles. The van der Waals surface area contributed by atoms with Crippen LogP contribution >= 0.6 is 0 Å². The molecule has 2 rings (SSSR count). The molecule has 1 heterocycles. The summed E-state index contributed by atoms with van der Waals surface area (Å²) >= 11 is 0. The van der Waals surface area contributed by atoms with Crippen LogP contribution in [0.25, 0.3) is 0 Å². The van der Waals surface area contributed by atoms with Crippen molar-refractivity contribution in [1.82, 2.24) is 0 Å². The molecule has 0 aromatic heterocycles. The van der Waals surface area contributed by atoms with Crippen molar-refractivity contribution in [3.63, 3.8) is 0 Å². The monoisotopic (exact) mass is 238 g/mol. The first kappa shape index (κ1) is 11.9. The minimum Gasteiger partial charge on any atom is -0.480 e. The number of rotatable bonds is 3. The Morgan fingerprint density at radius 3 is 2.59 bits per heavy atom. The lowest BCUT2D eigenvalue weighted by Crippen LogP contribution is -2.23. The van der Waals surface area contributed by atoms with Gasteiger partial charge >= 0.3 is 5.97 Å². The largest absolute Gasteiger partial charge is 0.480 e. The van der Waals surface area contributed by atoms with E-state index in [1.165, 1.54) is 12.1 Å². The number of hydrogen-bond acceptors (Lipinski definition) is 3. The second-order valence-electron chi connectivity index (χ2n) is 4.22. The summed E-state index contributed by atoms with van der Waals surface area (Å²) in [7, 11) is 0. The van der Waals surface area contributed by atoms with E-state index in [1.54, 1.807) is 6.07 Å². The summed E-state index contributed by atoms with van der Waals surface area (Å²) in [5.74, 6) is -1.78. The van der Waals surface area contributed by atoms with E-state index >= 15 is 0 Å². The number of carboxylic acids is 1. The van der Waals surface area contributed by atoms with Gasteiger partial charge in [-0.15, -0.1) is 0 Å². The maximum atomic E-state index is 13.7. The van der Waals surface area contributed by atoms with Crippen LogP contribution in [0.4, 0.5) is 10.1 Å². The Balaban J connectivity index is 2.24. The highest BCUT2D eigenvalue weighted by atomic mass is 19.1. The van der Waals surface area contributed by atoms with Gasteiger partial charge in [-0.3, -0.25) is 4.79 Å². The molecule has 92 valence electrons. The molecule has 3 N–H and O–H groups in total. The first-order chi connectivity index (χ1) is 8.09. The summed E-state index contributed by atoms with van der Waals surface area (Å²) in [6.07, 6.45) is 2.22. The number of carbonyl (C=O) groups is 1. The average Bonchev–Trinajstić information content (AvgIpc) is 2.81. The van der Waals surface area contributed by atoms with Gasteiger partial charge in [-0.2, -0.15) is 0 Å². The van der Waals surface area contributed by atoms with Crippen molar-refractivity contribution >= 4 is 11.7 Å². The van der Waals surface area contributed by atoms with E-state index in [-0.39, 0.29) is 5.56 Å². The van der Waals surface area contributed by atoms with Crippen LogP contribution in [-0.2, 0) is 4.79 Å². The van der Waals surface area contributed by atoms with Gasteiger partial charge in [-0.05, 0) is 25.0 Å². The van der Waals surface area contributed by atoms with Gasteiger partial charge in [-0.1, -0.05) is 6.07 Å². The Kier molecular flexibility index (Phi) is 3.28. The summed E-state index contributed by atoms with van der Waals surface area (Å²) in [4.78, 5) is 12.8. The van der Waals surface area contributed by atoms with Crippen LogP contribution in [0.15, 0.2) is 18.2 Å². The molecule has 4 nitrogen and oxygen atoms in total. The molecule has 0 radical (unpaired) electrons. The maximum Gasteiger partial charge on any atom is 0.325 e. The molecule has 17 heavy (non-hydrogen) atoms. The number of nitrogens with zero attached hydrogens (tertiary/aromatic N) is 1. The zero-order valence-electron chi connectivity index (χ0n) is 9.40. The second kappa shape index (κ2) is 4.71. The van der Waals surface area contributed by atoms with Gasteiger partial charge < -0.3 is 15.7 Å². The van der Waals surface area contributed by atoms with Crippen LogP contribution < -0.4 is 10.6 Å². The Labute approximate surface area is 98.8 Å². The molecular weight excluding hydrogens is 223 g/mol. The number of nitrogens with two attached hydrogens (primary N) is 1. The van der Waals surface area contributed by atoms with E-state index in [1.807, 2.05) is 0 Å². The molecule has 1 saturated heterocycles. The lowest BCUT2D eigenvalue weighted by Gasteiger charge is -2.18. The van der Waals surface area contributed by atoms with Crippen molar-refractivity contribution in [3.8, 4) is 0 Å². The van der Waals surface area contributed by atoms with Crippen molar-refractivity contribution in [2.24, 2.45) is 5.73 Å². The molecule has 0 spiro atoms. The van der Waals surface area contributed by atoms with E-state index in [0.717, 1.165) is 31.6 Å². The van der Waals surface area contributed by atoms with Crippen LogP contribution in [0, 0.1) is 5.82 Å². The van der Waals surface area contributed by atoms with Gasteiger partial charge in [0.25, 0.3) is 0 Å². The summed E-state index contributed by atoms with van der Waals surface area (Å²) < 4.78 is 13.7. The number of benzene rings is 1. The van der Waals surface area contributed by atoms with Crippen LogP contribution in [0.3, 0.4) is 0 Å². The highest BCUT2D eigenvalue weighted by Gasteiger charge is 2.20. The lowest BCUT2D eigenvalue weighted by atomic mass is 10.1. The average molecular weight is 238 g/mol. The van der Waals surface area contributed by atoms with Gasteiger partial charge in [0.05, 0.1) is 0 Å². The van der Waals surface area contributed by atoms with Gasteiger partial charge in [-0.25, -0.2) is 4.39 Å². The quantitative estimate of drug-likeness (QED) is 0.837. The number of halogens is 1. The van der Waals surface area contributed by atoms with Crippen molar-refractivity contribution in [2.45, 2.75) is 18.9 Å². The zero-order valence-corrected chi connectivity index (χ0v) is 9.40. The highest BCUT2D eigenvalue weighted by molar-refractivity contribution is 5.75. The van der Waals surface area contributed by atoms with Crippen molar-refractivity contribution < 1.29 is 14.3 Å². The standard InChI is InChI=1S/C12H15FN2O2/c13-10-7-8(15-5-1-2-6-15)3-4-9(10)11(14)12(16)17/h3-4,7,11H,1-2,5-6,14H2,(H,16,17)/t11-/m0/s1. The fourth-order valence-corrected chi connectivity index (χ4v) is 2.07. The van der Waals surface area contributed by atoms with Gasteiger partial charge in [0.15, 0.2) is 0 Å². The molecule has 1 aromatic carbocycles. The zero-order chi connectivity index (χ0) is 12.4. The van der Waals surface area contributed by atoms with Crippen molar-refractivity contribution in [1.29, 1.82) is 0 Å². The van der Waals surface area contributed by atoms with Gasteiger partial charge in [0.1, 0.15) is 11.9 Å². The van der Waals surface area contributed by atoms with E-state index < -0.39 is 17.8 Å². The molecule has 0 aliphatic carbocycles. The first-order valence-electron chi connectivity index (χ1n) is 5.62. The Morgan fingerprint density at radius 1 is 1.41 bits per heavy atom. The van der Waals surface area contributed by atoms with Crippen molar-refractivity contribution in [3.05, 3.63) is 29.6 Å². The van der Waals surface area contributed by atoms with Gasteiger partial charge in [0, 0.05) is 24.3 Å². The lowest BCUT2D eigenvalue weighted by molar-refractivity contribution is -0.138. The smallest absolute Gasteiger partial charge is 0.325 e. The highest BCUT2D eigenvalue weighted by Crippen LogP contribution is 2.24. The van der Waals surface area contributed by atoms with E-state index in [9.17, 15) is 9.18 Å². The number of carboxylic acid groups (broad SMARTS) is 1. The Hall–Kier alpha value is -1.62. The molecule has 5 heteroatoms. The predicted molar refractivity (Wildman–Crippen MR) is 62.4 cm³/mol. The Morgan fingerprint density at radius 2 is 2.06 bits per heavy atom. The second-order valence-corrected chi connectivity index (χ2v) is 4.22. The summed E-state index contributed by atoms with van der Waals surface area (Å²) in [5.41, 5.74) is 6.21. The Bertz CT molecular complexity index is 431. The predicted octanol–water partition coefficient (Wildman–Crippen LogP) is 1.51. The molecular formula is C12H15FN2O2. The molecule has 0 amide bonds. The van der Waals surface area contributed by atoms with Crippen LogP contribution in [0.1, 0.15) is 24.4 Å². The first-order valence-corrected chi connectivity index (χ1v) is 5.62. The van der Waals surface area contributed by atoms with E-state index in [0.29, 0.717) is 0 Å². The van der Waals surface area contributed by atoms with Crippen LogP contribution in [0.2, 0.25) is 0 Å². The number of hydrogen-bond donors (Lipinski definition) is 2. The van der Waals surface area contributed by atoms with Gasteiger partial charge in [0.2, 0.25) is 0 Å². The molecule has 1 atom stereocenters. The number of aliphatic carboxylic acids is 1. The SMILES string of the molecule is N[C@H](C(=O)O)c1ccc(N2CCCC2)cc1F.